The summed E-state index contributed by atoms with van der Waals surface area (Å²) in [5.41, 5.74) is 2.57. The lowest BCUT2D eigenvalue weighted by Gasteiger charge is -1.90. The fourth-order valence-corrected chi connectivity index (χ4v) is 2.48. The minimum Gasteiger partial charge on any atom is -1.00 e. The maximum atomic E-state index is 2.22. The Kier molecular flexibility index (Phi) is 3.83. The lowest BCUT2D eigenvalue weighted by Crippen LogP contribution is -3.00. The van der Waals surface area contributed by atoms with Crippen LogP contribution in [0.1, 0.15) is 0 Å². The number of aryl methyl sites for hydroxylation is 2. The number of aromatic nitrogens is 2. The van der Waals surface area contributed by atoms with Crippen molar-refractivity contribution in [2.75, 3.05) is 6.26 Å². The summed E-state index contributed by atoms with van der Waals surface area (Å²) in [5, 5.41) is 1.28. The smallest absolute Gasteiger partial charge is 0.318 e. The van der Waals surface area contributed by atoms with Gasteiger partial charge in [-0.3, -0.25) is 0 Å². The Morgan fingerprint density at radius 2 is 1.93 bits per heavy atom. The number of rotatable bonds is 1. The van der Waals surface area contributed by atoms with Gasteiger partial charge in [0.15, 0.2) is 11.0 Å². The zero-order valence-corrected chi connectivity index (χ0v) is 11.5. The van der Waals surface area contributed by atoms with Crippen LogP contribution >= 0.6 is 11.8 Å². The fraction of sp³-hybridized carbons (Fsp3) is 0.300. The van der Waals surface area contributed by atoms with Crippen LogP contribution in [-0.4, -0.2) is 10.8 Å². The number of nitrogens with zero attached hydrogens (tertiary/aromatic N) is 2. The molecule has 1 aromatic carbocycles. The van der Waals surface area contributed by atoms with Crippen LogP contribution in [0, 0.1) is 0 Å². The molecule has 0 unspecified atom stereocenters. The molecule has 0 N–H and O–H groups in total. The molecule has 76 valence electrons. The van der Waals surface area contributed by atoms with Gasteiger partial charge >= 0.3 is 5.16 Å². The summed E-state index contributed by atoms with van der Waals surface area (Å²) in [5.74, 6) is 0. The van der Waals surface area contributed by atoms with Crippen molar-refractivity contribution in [2.24, 2.45) is 14.1 Å². The van der Waals surface area contributed by atoms with E-state index in [-0.39, 0.29) is 24.0 Å². The molecule has 2 aromatic rings. The molecule has 0 amide bonds. The highest BCUT2D eigenvalue weighted by Gasteiger charge is 2.17. The van der Waals surface area contributed by atoms with Crippen LogP contribution in [0.3, 0.4) is 0 Å². The van der Waals surface area contributed by atoms with E-state index in [1.54, 1.807) is 11.8 Å². The average Bonchev–Trinajstić information content (AvgIpc) is 2.41. The first-order valence-electron chi connectivity index (χ1n) is 4.23. The van der Waals surface area contributed by atoms with E-state index in [9.17, 15) is 0 Å². The fourth-order valence-electron chi connectivity index (χ4n) is 1.74. The number of thioether (sulfide) groups is 1. The summed E-state index contributed by atoms with van der Waals surface area (Å²) in [6, 6.07) is 8.45. The standard InChI is InChI=1S/C10H13N2S.HI/c1-11-8-6-4-5-7-9(8)12(2)10(11)13-3;/h4-7H,1-3H3;1H/q+1;/p-1. The number of para-hydroxylation sites is 2. The van der Waals surface area contributed by atoms with E-state index in [0.29, 0.717) is 0 Å². The molecule has 1 aromatic heterocycles. The molecule has 0 radical (unpaired) electrons. The number of hydrogen-bond acceptors (Lipinski definition) is 1. The van der Waals surface area contributed by atoms with Gasteiger partial charge in [0, 0.05) is 0 Å². The van der Waals surface area contributed by atoms with Crippen LogP contribution in [-0.2, 0) is 14.1 Å². The molecule has 2 nitrogen and oxygen atoms in total. The van der Waals surface area contributed by atoms with E-state index in [0.717, 1.165) is 0 Å². The Bertz CT molecular complexity index is 412. The largest absolute Gasteiger partial charge is 1.00 e. The van der Waals surface area contributed by atoms with Crippen LogP contribution in [0.25, 0.3) is 11.0 Å². The van der Waals surface area contributed by atoms with Crippen LogP contribution in [0.2, 0.25) is 0 Å². The van der Waals surface area contributed by atoms with Gasteiger partial charge in [-0.1, -0.05) is 12.1 Å². The highest BCUT2D eigenvalue weighted by molar-refractivity contribution is 7.98. The average molecular weight is 320 g/mol. The predicted octanol–water partition coefficient (Wildman–Crippen LogP) is -1.27. The summed E-state index contributed by atoms with van der Waals surface area (Å²) in [6.45, 7) is 0. The molecule has 0 aliphatic rings. The molecular formula is C10H13IN2S. The van der Waals surface area contributed by atoms with Crippen LogP contribution in [0.5, 0.6) is 0 Å². The van der Waals surface area contributed by atoms with Crippen molar-refractivity contribution in [1.82, 2.24) is 4.57 Å². The molecule has 4 heteroatoms. The summed E-state index contributed by atoms with van der Waals surface area (Å²) in [4.78, 5) is 0. The predicted molar refractivity (Wildman–Crippen MR) is 55.9 cm³/mol. The lowest BCUT2D eigenvalue weighted by molar-refractivity contribution is -0.685. The molecule has 0 fully saturated rings. The van der Waals surface area contributed by atoms with Gasteiger partial charge in [0.1, 0.15) is 0 Å². The highest BCUT2D eigenvalue weighted by atomic mass is 127. The van der Waals surface area contributed by atoms with Crippen molar-refractivity contribution < 1.29 is 28.5 Å². The van der Waals surface area contributed by atoms with E-state index in [1.807, 2.05) is 0 Å². The number of hydrogen-bond donors (Lipinski definition) is 0. The Morgan fingerprint density at radius 1 is 1.29 bits per heavy atom. The second-order valence-corrected chi connectivity index (χ2v) is 3.87. The molecule has 0 spiro atoms. The van der Waals surface area contributed by atoms with E-state index >= 15 is 0 Å². The third-order valence-corrected chi connectivity index (χ3v) is 3.27. The summed E-state index contributed by atoms with van der Waals surface area (Å²) >= 11 is 1.77. The molecule has 0 aliphatic carbocycles. The third kappa shape index (κ3) is 1.65. The number of benzene rings is 1. The molecule has 0 saturated carbocycles. The quantitative estimate of drug-likeness (QED) is 0.362. The van der Waals surface area contributed by atoms with Crippen molar-refractivity contribution in [3.63, 3.8) is 0 Å². The van der Waals surface area contributed by atoms with Gasteiger partial charge in [-0.2, -0.15) is 0 Å². The molecule has 0 saturated heterocycles. The number of imidazole rings is 1. The maximum Gasteiger partial charge on any atom is 0.318 e. The van der Waals surface area contributed by atoms with Gasteiger partial charge in [-0.25, -0.2) is 9.13 Å². The normalized spacial score (nSPS) is 10.2. The molecular weight excluding hydrogens is 307 g/mol. The van der Waals surface area contributed by atoms with Gasteiger partial charge < -0.3 is 24.0 Å². The van der Waals surface area contributed by atoms with Gasteiger partial charge in [0.25, 0.3) is 0 Å². The molecule has 2 rings (SSSR count). The lowest BCUT2D eigenvalue weighted by atomic mass is 10.3. The van der Waals surface area contributed by atoms with Crippen molar-refractivity contribution in [1.29, 1.82) is 0 Å². The van der Waals surface area contributed by atoms with E-state index in [2.05, 4.69) is 53.8 Å². The maximum absolute atomic E-state index is 2.22. The van der Waals surface area contributed by atoms with Crippen LogP contribution in [0.4, 0.5) is 0 Å². The molecule has 14 heavy (non-hydrogen) atoms. The zero-order valence-electron chi connectivity index (χ0n) is 8.49. The monoisotopic (exact) mass is 320 g/mol. The van der Waals surface area contributed by atoms with Crippen molar-refractivity contribution in [3.8, 4) is 0 Å². The first-order valence-corrected chi connectivity index (χ1v) is 5.45. The zero-order chi connectivity index (χ0) is 9.42. The Balaban J connectivity index is 0.000000980. The minimum atomic E-state index is 0. The van der Waals surface area contributed by atoms with Crippen molar-refractivity contribution in [3.05, 3.63) is 24.3 Å². The Labute approximate surface area is 105 Å². The highest BCUT2D eigenvalue weighted by Crippen LogP contribution is 2.17. The van der Waals surface area contributed by atoms with Gasteiger partial charge in [0.2, 0.25) is 0 Å². The van der Waals surface area contributed by atoms with Gasteiger partial charge in [-0.05, 0) is 30.2 Å². The molecule has 1 heterocycles. The molecule has 0 aliphatic heterocycles. The molecule has 0 atom stereocenters. The van der Waals surface area contributed by atoms with E-state index in [1.165, 1.54) is 16.2 Å². The van der Waals surface area contributed by atoms with Crippen molar-refractivity contribution >= 4 is 22.8 Å². The second-order valence-electron chi connectivity index (χ2n) is 3.09. The minimum absolute atomic E-state index is 0. The third-order valence-electron chi connectivity index (χ3n) is 2.36. The van der Waals surface area contributed by atoms with E-state index in [4.69, 9.17) is 0 Å². The second kappa shape index (κ2) is 4.53. The number of halogens is 1. The first kappa shape index (κ1) is 11.8. The first-order chi connectivity index (χ1) is 6.25. The summed E-state index contributed by atoms with van der Waals surface area (Å²) in [7, 11) is 4.21. The van der Waals surface area contributed by atoms with Crippen LogP contribution < -0.4 is 28.5 Å². The summed E-state index contributed by atoms with van der Waals surface area (Å²) in [6.07, 6.45) is 2.11. The SMILES string of the molecule is CSc1n(C)c2ccccc2[n+]1C.[I-]. The summed E-state index contributed by atoms with van der Waals surface area (Å²) < 4.78 is 4.44. The Morgan fingerprint density at radius 3 is 2.50 bits per heavy atom. The van der Waals surface area contributed by atoms with Gasteiger partial charge in [0.05, 0.1) is 14.1 Å². The van der Waals surface area contributed by atoms with Crippen LogP contribution in [0.15, 0.2) is 29.4 Å². The van der Waals surface area contributed by atoms with Crippen molar-refractivity contribution in [2.45, 2.75) is 5.16 Å². The number of fused-ring (bicyclic) bond motifs is 1. The van der Waals surface area contributed by atoms with E-state index < -0.39 is 0 Å². The molecule has 0 bridgehead atoms. The van der Waals surface area contributed by atoms with Gasteiger partial charge in [-0.15, -0.1) is 0 Å². The topological polar surface area (TPSA) is 8.81 Å². The Hall–Kier alpha value is -0.230.